The zero-order valence-corrected chi connectivity index (χ0v) is 17.4. The number of amides is 2. The fourth-order valence-corrected chi connectivity index (χ4v) is 4.97. The van der Waals surface area contributed by atoms with Crippen LogP contribution in [-0.4, -0.2) is 62.2 Å². The molecule has 2 amide bonds. The van der Waals surface area contributed by atoms with Gasteiger partial charge in [-0.25, -0.2) is 8.42 Å². The van der Waals surface area contributed by atoms with E-state index >= 15 is 0 Å². The molecule has 0 atom stereocenters. The largest absolute Gasteiger partial charge is 0.472 e. The summed E-state index contributed by atoms with van der Waals surface area (Å²) in [6.45, 7) is 5.09. The standard InChI is InChI=1S/C20H25N3O5S/c1-15-3-4-18(16(2)13-15)29(26,27)23-10-8-22(9-11-23)19(24)5-7-21-20(25)17-6-12-28-14-17/h3-4,6,12-14H,5,7-11H2,1-2H3,(H,21,25). The van der Waals surface area contributed by atoms with Gasteiger partial charge in [0.2, 0.25) is 15.9 Å². The number of rotatable bonds is 6. The summed E-state index contributed by atoms with van der Waals surface area (Å²) in [4.78, 5) is 26.1. The Labute approximate surface area is 170 Å². The minimum absolute atomic E-state index is 0.110. The van der Waals surface area contributed by atoms with E-state index < -0.39 is 10.0 Å². The Morgan fingerprint density at radius 1 is 1.10 bits per heavy atom. The van der Waals surface area contributed by atoms with Crippen molar-refractivity contribution in [2.45, 2.75) is 25.2 Å². The molecule has 1 aliphatic heterocycles. The molecule has 1 N–H and O–H groups in total. The maximum Gasteiger partial charge on any atom is 0.254 e. The van der Waals surface area contributed by atoms with Gasteiger partial charge in [0, 0.05) is 39.1 Å². The van der Waals surface area contributed by atoms with Gasteiger partial charge < -0.3 is 14.6 Å². The number of carbonyl (C=O) groups is 2. The maximum absolute atomic E-state index is 12.9. The van der Waals surface area contributed by atoms with E-state index in [0.717, 1.165) is 11.1 Å². The number of benzene rings is 1. The summed E-state index contributed by atoms with van der Waals surface area (Å²) >= 11 is 0. The summed E-state index contributed by atoms with van der Waals surface area (Å²) in [5.41, 5.74) is 2.14. The lowest BCUT2D eigenvalue weighted by Crippen LogP contribution is -2.51. The molecule has 156 valence electrons. The topological polar surface area (TPSA) is 99.9 Å². The van der Waals surface area contributed by atoms with E-state index in [-0.39, 0.29) is 37.9 Å². The monoisotopic (exact) mass is 419 g/mol. The van der Waals surface area contributed by atoms with Crippen molar-refractivity contribution < 1.29 is 22.4 Å². The quantitative estimate of drug-likeness (QED) is 0.766. The predicted molar refractivity (Wildman–Crippen MR) is 107 cm³/mol. The molecule has 0 aliphatic carbocycles. The van der Waals surface area contributed by atoms with Crippen molar-refractivity contribution in [2.24, 2.45) is 0 Å². The molecule has 0 bridgehead atoms. The third kappa shape index (κ3) is 4.86. The molecule has 1 saturated heterocycles. The fraction of sp³-hybridized carbons (Fsp3) is 0.400. The number of sulfonamides is 1. The van der Waals surface area contributed by atoms with Gasteiger partial charge in [0.25, 0.3) is 5.91 Å². The number of nitrogens with zero attached hydrogens (tertiary/aromatic N) is 2. The average Bonchev–Trinajstić information content (AvgIpc) is 3.22. The Balaban J connectivity index is 1.50. The number of piperazine rings is 1. The molecule has 2 aromatic rings. The second-order valence-electron chi connectivity index (χ2n) is 7.07. The van der Waals surface area contributed by atoms with Gasteiger partial charge in [0.15, 0.2) is 0 Å². The van der Waals surface area contributed by atoms with Crippen LogP contribution in [0.15, 0.2) is 46.1 Å². The molecular formula is C20H25N3O5S. The van der Waals surface area contributed by atoms with Gasteiger partial charge in [-0.15, -0.1) is 0 Å². The number of hydrogen-bond donors (Lipinski definition) is 1. The van der Waals surface area contributed by atoms with E-state index in [1.807, 2.05) is 13.0 Å². The van der Waals surface area contributed by atoms with Crippen LogP contribution in [0.25, 0.3) is 0 Å². The van der Waals surface area contributed by atoms with Crippen LogP contribution in [0.3, 0.4) is 0 Å². The van der Waals surface area contributed by atoms with Crippen LogP contribution in [0.2, 0.25) is 0 Å². The number of carbonyl (C=O) groups excluding carboxylic acids is 2. The van der Waals surface area contributed by atoms with Gasteiger partial charge in [-0.05, 0) is 31.5 Å². The van der Waals surface area contributed by atoms with Crippen molar-refractivity contribution in [2.75, 3.05) is 32.7 Å². The van der Waals surface area contributed by atoms with E-state index in [4.69, 9.17) is 4.42 Å². The molecule has 2 heterocycles. The second-order valence-corrected chi connectivity index (χ2v) is 8.98. The van der Waals surface area contributed by atoms with E-state index in [9.17, 15) is 18.0 Å². The minimum atomic E-state index is -3.58. The van der Waals surface area contributed by atoms with E-state index in [1.165, 1.54) is 16.8 Å². The lowest BCUT2D eigenvalue weighted by Gasteiger charge is -2.34. The molecule has 29 heavy (non-hydrogen) atoms. The summed E-state index contributed by atoms with van der Waals surface area (Å²) in [6.07, 6.45) is 2.91. The minimum Gasteiger partial charge on any atom is -0.472 e. The Bertz CT molecular complexity index is 978. The summed E-state index contributed by atoms with van der Waals surface area (Å²) in [5.74, 6) is -0.406. The van der Waals surface area contributed by atoms with E-state index in [0.29, 0.717) is 23.5 Å². The molecule has 1 aromatic carbocycles. The normalized spacial score (nSPS) is 15.3. The van der Waals surface area contributed by atoms with Crippen molar-refractivity contribution in [3.63, 3.8) is 0 Å². The van der Waals surface area contributed by atoms with Crippen LogP contribution in [0, 0.1) is 13.8 Å². The highest BCUT2D eigenvalue weighted by atomic mass is 32.2. The Kier molecular flexibility index (Phi) is 6.39. The highest BCUT2D eigenvalue weighted by Gasteiger charge is 2.30. The third-order valence-corrected chi connectivity index (χ3v) is 7.01. The summed E-state index contributed by atoms with van der Waals surface area (Å²) in [5, 5.41) is 2.67. The zero-order chi connectivity index (χ0) is 21.0. The van der Waals surface area contributed by atoms with Crippen LogP contribution >= 0.6 is 0 Å². The van der Waals surface area contributed by atoms with E-state index in [2.05, 4.69) is 5.32 Å². The second kappa shape index (κ2) is 8.79. The molecule has 1 fully saturated rings. The number of furan rings is 1. The zero-order valence-electron chi connectivity index (χ0n) is 16.6. The smallest absolute Gasteiger partial charge is 0.254 e. The molecule has 9 heteroatoms. The van der Waals surface area contributed by atoms with Crippen LogP contribution in [0.4, 0.5) is 0 Å². The molecular weight excluding hydrogens is 394 g/mol. The Hall–Kier alpha value is -2.65. The molecule has 0 unspecified atom stereocenters. The van der Waals surface area contributed by atoms with Gasteiger partial charge in [-0.3, -0.25) is 9.59 Å². The van der Waals surface area contributed by atoms with Crippen LogP contribution in [0.1, 0.15) is 27.9 Å². The number of hydrogen-bond acceptors (Lipinski definition) is 5. The van der Waals surface area contributed by atoms with Crippen LogP contribution in [0.5, 0.6) is 0 Å². The summed E-state index contributed by atoms with van der Waals surface area (Å²) < 4.78 is 32.1. The predicted octanol–water partition coefficient (Wildman–Crippen LogP) is 1.55. The van der Waals surface area contributed by atoms with Crippen LogP contribution < -0.4 is 5.32 Å². The maximum atomic E-state index is 12.9. The lowest BCUT2D eigenvalue weighted by molar-refractivity contribution is -0.132. The van der Waals surface area contributed by atoms with Crippen molar-refractivity contribution in [3.05, 3.63) is 53.5 Å². The van der Waals surface area contributed by atoms with Crippen molar-refractivity contribution in [1.82, 2.24) is 14.5 Å². The summed E-state index contributed by atoms with van der Waals surface area (Å²) in [6, 6.07) is 6.83. The highest BCUT2D eigenvalue weighted by Crippen LogP contribution is 2.22. The lowest BCUT2D eigenvalue weighted by atomic mass is 10.2. The third-order valence-electron chi connectivity index (χ3n) is 4.95. The molecule has 1 aromatic heterocycles. The first-order valence-corrected chi connectivity index (χ1v) is 10.9. The van der Waals surface area contributed by atoms with Gasteiger partial charge in [-0.2, -0.15) is 4.31 Å². The Morgan fingerprint density at radius 2 is 1.83 bits per heavy atom. The SMILES string of the molecule is Cc1ccc(S(=O)(=O)N2CCN(C(=O)CCNC(=O)c3ccoc3)CC2)c(C)c1. The molecule has 8 nitrogen and oxygen atoms in total. The van der Waals surface area contributed by atoms with Gasteiger partial charge >= 0.3 is 0 Å². The average molecular weight is 420 g/mol. The van der Waals surface area contributed by atoms with Gasteiger partial charge in [-0.1, -0.05) is 17.7 Å². The van der Waals surface area contributed by atoms with Crippen molar-refractivity contribution >= 4 is 21.8 Å². The first-order chi connectivity index (χ1) is 13.8. The first kappa shape index (κ1) is 21.1. The van der Waals surface area contributed by atoms with Crippen LogP contribution in [-0.2, 0) is 14.8 Å². The van der Waals surface area contributed by atoms with Gasteiger partial charge in [0.05, 0.1) is 16.7 Å². The molecule has 0 saturated carbocycles. The molecule has 3 rings (SSSR count). The molecule has 0 spiro atoms. The Morgan fingerprint density at radius 3 is 2.45 bits per heavy atom. The summed E-state index contributed by atoms with van der Waals surface area (Å²) in [7, 11) is -3.58. The highest BCUT2D eigenvalue weighted by molar-refractivity contribution is 7.89. The van der Waals surface area contributed by atoms with E-state index in [1.54, 1.807) is 30.0 Å². The molecule has 1 aliphatic rings. The molecule has 0 radical (unpaired) electrons. The van der Waals surface area contributed by atoms with Crippen molar-refractivity contribution in [3.8, 4) is 0 Å². The van der Waals surface area contributed by atoms with Crippen molar-refractivity contribution in [1.29, 1.82) is 0 Å². The van der Waals surface area contributed by atoms with Gasteiger partial charge in [0.1, 0.15) is 6.26 Å². The fourth-order valence-electron chi connectivity index (χ4n) is 3.34. The number of nitrogens with one attached hydrogen (secondary N) is 1. The first-order valence-electron chi connectivity index (χ1n) is 9.44. The number of aryl methyl sites for hydroxylation is 2.